The summed E-state index contributed by atoms with van der Waals surface area (Å²) in [5, 5.41) is 12.9. The molecule has 0 radical (unpaired) electrons. The van der Waals surface area contributed by atoms with Crippen molar-refractivity contribution in [2.45, 2.75) is 50.3 Å². The van der Waals surface area contributed by atoms with Crippen molar-refractivity contribution >= 4 is 22.2 Å². The third kappa shape index (κ3) is 3.58. The fourth-order valence-corrected chi connectivity index (χ4v) is 4.31. The zero-order valence-corrected chi connectivity index (χ0v) is 10.9. The predicted octanol–water partition coefficient (Wildman–Crippen LogP) is 0.488. The van der Waals surface area contributed by atoms with E-state index in [-0.39, 0.29) is 30.0 Å². The SMILES string of the molecule is Cl.O=S1(=O)CC(O)C(NC2CCCCC2)C1. The molecule has 2 aliphatic rings. The molecule has 96 valence electrons. The molecule has 1 aliphatic carbocycles. The zero-order valence-electron chi connectivity index (χ0n) is 9.26. The van der Waals surface area contributed by atoms with Gasteiger partial charge in [0, 0.05) is 12.1 Å². The highest BCUT2D eigenvalue weighted by molar-refractivity contribution is 7.91. The number of hydrogen-bond acceptors (Lipinski definition) is 4. The maximum Gasteiger partial charge on any atom is 0.154 e. The lowest BCUT2D eigenvalue weighted by atomic mass is 9.94. The molecule has 16 heavy (non-hydrogen) atoms. The van der Waals surface area contributed by atoms with E-state index in [1.54, 1.807) is 0 Å². The molecule has 2 rings (SSSR count). The summed E-state index contributed by atoms with van der Waals surface area (Å²) in [5.41, 5.74) is 0. The third-order valence-corrected chi connectivity index (χ3v) is 5.09. The summed E-state index contributed by atoms with van der Waals surface area (Å²) in [4.78, 5) is 0. The Kier molecular flexibility index (Phi) is 5.04. The van der Waals surface area contributed by atoms with Crippen LogP contribution in [0.2, 0.25) is 0 Å². The minimum atomic E-state index is -3.01. The van der Waals surface area contributed by atoms with Gasteiger partial charge in [0.2, 0.25) is 0 Å². The van der Waals surface area contributed by atoms with Crippen molar-refractivity contribution in [2.75, 3.05) is 11.5 Å². The first-order chi connectivity index (χ1) is 7.07. The Hall–Kier alpha value is 0.160. The highest BCUT2D eigenvalue weighted by atomic mass is 35.5. The molecule has 0 amide bonds. The van der Waals surface area contributed by atoms with Gasteiger partial charge in [0.05, 0.1) is 17.6 Å². The Labute approximate surface area is 103 Å². The van der Waals surface area contributed by atoms with E-state index in [4.69, 9.17) is 0 Å². The molecule has 0 spiro atoms. The molecule has 0 aromatic heterocycles. The van der Waals surface area contributed by atoms with Gasteiger partial charge in [-0.25, -0.2) is 8.42 Å². The lowest BCUT2D eigenvalue weighted by Gasteiger charge is -2.27. The molecule has 2 fully saturated rings. The molecule has 1 saturated carbocycles. The Morgan fingerprint density at radius 3 is 2.19 bits per heavy atom. The summed E-state index contributed by atoms with van der Waals surface area (Å²) in [7, 11) is -3.01. The van der Waals surface area contributed by atoms with Crippen LogP contribution < -0.4 is 5.32 Å². The van der Waals surface area contributed by atoms with Crippen LogP contribution in [-0.2, 0) is 9.84 Å². The van der Waals surface area contributed by atoms with Gasteiger partial charge in [-0.2, -0.15) is 0 Å². The highest BCUT2D eigenvalue weighted by Crippen LogP contribution is 2.20. The largest absolute Gasteiger partial charge is 0.390 e. The molecule has 1 heterocycles. The van der Waals surface area contributed by atoms with Crippen LogP contribution in [0.1, 0.15) is 32.1 Å². The minimum Gasteiger partial charge on any atom is -0.390 e. The second-order valence-electron chi connectivity index (χ2n) is 4.75. The van der Waals surface area contributed by atoms with Gasteiger partial charge in [0.1, 0.15) is 0 Å². The minimum absolute atomic E-state index is 0. The summed E-state index contributed by atoms with van der Waals surface area (Å²) in [6, 6.07) is 0.171. The van der Waals surface area contributed by atoms with E-state index in [0.717, 1.165) is 12.8 Å². The maximum atomic E-state index is 11.3. The highest BCUT2D eigenvalue weighted by Gasteiger charge is 2.37. The van der Waals surface area contributed by atoms with E-state index in [0.29, 0.717) is 6.04 Å². The quantitative estimate of drug-likeness (QED) is 0.766. The fourth-order valence-electron chi connectivity index (χ4n) is 2.56. The van der Waals surface area contributed by atoms with Crippen LogP contribution >= 0.6 is 12.4 Å². The molecular weight excluding hydrogens is 250 g/mol. The van der Waals surface area contributed by atoms with Gasteiger partial charge in [-0.15, -0.1) is 12.4 Å². The van der Waals surface area contributed by atoms with E-state index < -0.39 is 15.9 Å². The fraction of sp³-hybridized carbons (Fsp3) is 1.00. The summed E-state index contributed by atoms with van der Waals surface area (Å²) >= 11 is 0. The molecule has 2 unspecified atom stereocenters. The number of nitrogens with one attached hydrogen (secondary N) is 1. The van der Waals surface area contributed by atoms with Crippen LogP contribution in [0, 0.1) is 0 Å². The van der Waals surface area contributed by atoms with Crippen molar-refractivity contribution in [1.29, 1.82) is 0 Å². The van der Waals surface area contributed by atoms with Gasteiger partial charge >= 0.3 is 0 Å². The van der Waals surface area contributed by atoms with Crippen molar-refractivity contribution in [3.63, 3.8) is 0 Å². The van der Waals surface area contributed by atoms with Gasteiger partial charge in [-0.1, -0.05) is 19.3 Å². The third-order valence-electron chi connectivity index (χ3n) is 3.38. The van der Waals surface area contributed by atoms with Crippen LogP contribution in [0.3, 0.4) is 0 Å². The molecule has 1 aliphatic heterocycles. The summed E-state index contributed by atoms with van der Waals surface area (Å²) < 4.78 is 22.6. The zero-order chi connectivity index (χ0) is 10.9. The number of aliphatic hydroxyl groups is 1. The summed E-state index contributed by atoms with van der Waals surface area (Å²) in [5.74, 6) is 0.0298. The molecule has 2 N–H and O–H groups in total. The van der Waals surface area contributed by atoms with E-state index >= 15 is 0 Å². The lowest BCUT2D eigenvalue weighted by Crippen LogP contribution is -2.45. The second kappa shape index (κ2) is 5.67. The predicted molar refractivity (Wildman–Crippen MR) is 65.7 cm³/mol. The molecular formula is C10H20ClNO3S. The lowest BCUT2D eigenvalue weighted by molar-refractivity contribution is 0.153. The average Bonchev–Trinajstić information content (AvgIpc) is 2.41. The molecule has 0 bridgehead atoms. The Bertz CT molecular complexity index is 314. The number of aliphatic hydroxyl groups excluding tert-OH is 1. The summed E-state index contributed by atoms with van der Waals surface area (Å²) in [6.45, 7) is 0. The van der Waals surface area contributed by atoms with E-state index in [1.165, 1.54) is 19.3 Å². The van der Waals surface area contributed by atoms with Crippen molar-refractivity contribution in [2.24, 2.45) is 0 Å². The topological polar surface area (TPSA) is 66.4 Å². The first-order valence-electron chi connectivity index (χ1n) is 5.71. The standard InChI is InChI=1S/C10H19NO3S.ClH/c12-10-7-15(13,14)6-9(10)11-8-4-2-1-3-5-8;/h8-12H,1-7H2;1H. The van der Waals surface area contributed by atoms with Gasteiger partial charge in [0.15, 0.2) is 9.84 Å². The molecule has 0 aromatic carbocycles. The Morgan fingerprint density at radius 1 is 1.06 bits per heavy atom. The number of rotatable bonds is 2. The van der Waals surface area contributed by atoms with E-state index in [1.807, 2.05) is 0 Å². The van der Waals surface area contributed by atoms with E-state index in [9.17, 15) is 13.5 Å². The monoisotopic (exact) mass is 269 g/mol. The van der Waals surface area contributed by atoms with Crippen LogP contribution in [0.15, 0.2) is 0 Å². The Balaban J connectivity index is 0.00000128. The van der Waals surface area contributed by atoms with Gasteiger partial charge in [0.25, 0.3) is 0 Å². The Morgan fingerprint density at radius 2 is 1.69 bits per heavy atom. The van der Waals surface area contributed by atoms with Gasteiger partial charge in [-0.05, 0) is 12.8 Å². The van der Waals surface area contributed by atoms with Crippen molar-refractivity contribution in [3.05, 3.63) is 0 Å². The van der Waals surface area contributed by atoms with Crippen molar-refractivity contribution in [1.82, 2.24) is 5.32 Å². The first kappa shape index (κ1) is 14.2. The molecule has 0 aromatic rings. The number of sulfone groups is 1. The molecule has 4 nitrogen and oxygen atoms in total. The number of hydrogen-bond donors (Lipinski definition) is 2. The van der Waals surface area contributed by atoms with Gasteiger partial charge < -0.3 is 10.4 Å². The molecule has 1 saturated heterocycles. The normalized spacial score (nSPS) is 34.6. The first-order valence-corrected chi connectivity index (χ1v) is 7.53. The van der Waals surface area contributed by atoms with E-state index in [2.05, 4.69) is 5.32 Å². The van der Waals surface area contributed by atoms with Crippen molar-refractivity contribution in [3.8, 4) is 0 Å². The van der Waals surface area contributed by atoms with Crippen molar-refractivity contribution < 1.29 is 13.5 Å². The van der Waals surface area contributed by atoms with Crippen LogP contribution in [0.4, 0.5) is 0 Å². The maximum absolute atomic E-state index is 11.3. The number of halogens is 1. The van der Waals surface area contributed by atoms with Crippen LogP contribution in [-0.4, -0.2) is 43.2 Å². The van der Waals surface area contributed by atoms with Gasteiger partial charge in [-0.3, -0.25) is 0 Å². The molecule has 2 atom stereocenters. The second-order valence-corrected chi connectivity index (χ2v) is 6.91. The average molecular weight is 270 g/mol. The molecule has 6 heteroatoms. The smallest absolute Gasteiger partial charge is 0.154 e. The summed E-state index contributed by atoms with van der Waals surface area (Å²) in [6.07, 6.45) is 5.23. The van der Waals surface area contributed by atoms with Crippen LogP contribution in [0.5, 0.6) is 0 Å². The van der Waals surface area contributed by atoms with Crippen LogP contribution in [0.25, 0.3) is 0 Å².